The van der Waals surface area contributed by atoms with Crippen LogP contribution in [-0.2, 0) is 14.4 Å². The molecule has 2 fully saturated rings. The van der Waals surface area contributed by atoms with Crippen molar-refractivity contribution in [2.24, 2.45) is 5.73 Å². The number of carbonyl (C=O) groups excluding carboxylic acids is 3. The van der Waals surface area contributed by atoms with Crippen LogP contribution in [0.1, 0.15) is 37.3 Å². The highest BCUT2D eigenvalue weighted by Crippen LogP contribution is 2.38. The van der Waals surface area contributed by atoms with Gasteiger partial charge in [0.25, 0.3) is 5.92 Å². The molecule has 3 amide bonds. The monoisotopic (exact) mass is 351 g/mol. The smallest absolute Gasteiger partial charge is 0.252 e. The lowest BCUT2D eigenvalue weighted by molar-refractivity contribution is -0.145. The predicted octanol–water partition coefficient (Wildman–Crippen LogP) is 1.12. The molecule has 1 aliphatic carbocycles. The summed E-state index contributed by atoms with van der Waals surface area (Å²) in [7, 11) is 0. The van der Waals surface area contributed by atoms with Gasteiger partial charge in [-0.3, -0.25) is 14.4 Å². The molecule has 8 heteroatoms. The molecule has 0 bridgehead atoms. The Bertz CT molecular complexity index is 688. The number of primary amides is 1. The third-order valence-electron chi connectivity index (χ3n) is 4.66. The molecular weight excluding hydrogens is 332 g/mol. The summed E-state index contributed by atoms with van der Waals surface area (Å²) in [6, 6.07) is 5.88. The van der Waals surface area contributed by atoms with Gasteiger partial charge >= 0.3 is 0 Å². The number of likely N-dealkylation sites (tertiary alicyclic amines) is 1. The van der Waals surface area contributed by atoms with Crippen molar-refractivity contribution < 1.29 is 23.2 Å². The Balaban J connectivity index is 1.86. The minimum atomic E-state index is -2.76. The van der Waals surface area contributed by atoms with E-state index in [0.717, 1.165) is 0 Å². The number of nitrogens with zero attached hydrogens (tertiary/aromatic N) is 1. The van der Waals surface area contributed by atoms with Crippen LogP contribution in [0.5, 0.6) is 0 Å². The van der Waals surface area contributed by atoms with Crippen LogP contribution in [0.15, 0.2) is 30.3 Å². The van der Waals surface area contributed by atoms with E-state index in [0.29, 0.717) is 5.56 Å². The number of hydrogen-bond donors (Lipinski definition) is 2. The van der Waals surface area contributed by atoms with Crippen molar-refractivity contribution in [1.29, 1.82) is 0 Å². The molecule has 1 aromatic carbocycles. The fourth-order valence-electron chi connectivity index (χ4n) is 3.42. The highest BCUT2D eigenvalue weighted by molar-refractivity contribution is 5.95. The van der Waals surface area contributed by atoms with E-state index >= 15 is 0 Å². The molecule has 3 rings (SSSR count). The van der Waals surface area contributed by atoms with E-state index < -0.39 is 48.7 Å². The zero-order chi connectivity index (χ0) is 18.2. The molecule has 25 heavy (non-hydrogen) atoms. The maximum atomic E-state index is 13.0. The van der Waals surface area contributed by atoms with Crippen LogP contribution in [-0.4, -0.2) is 40.6 Å². The van der Waals surface area contributed by atoms with E-state index in [9.17, 15) is 23.2 Å². The molecule has 0 radical (unpaired) electrons. The Hall–Kier alpha value is -2.51. The summed E-state index contributed by atoms with van der Waals surface area (Å²) in [5, 5.41) is 2.56. The Morgan fingerprint density at radius 1 is 1.24 bits per heavy atom. The number of alkyl halides is 2. The van der Waals surface area contributed by atoms with Gasteiger partial charge in [0, 0.05) is 25.3 Å². The molecule has 1 aromatic rings. The van der Waals surface area contributed by atoms with Gasteiger partial charge in [0.2, 0.25) is 17.7 Å². The lowest BCUT2D eigenvalue weighted by Gasteiger charge is -2.38. The summed E-state index contributed by atoms with van der Waals surface area (Å²) in [6.45, 7) is 0. The van der Waals surface area contributed by atoms with Gasteiger partial charge in [0.05, 0.1) is 0 Å². The maximum absolute atomic E-state index is 13.0. The van der Waals surface area contributed by atoms with E-state index in [1.807, 2.05) is 0 Å². The van der Waals surface area contributed by atoms with Gasteiger partial charge in [-0.25, -0.2) is 8.78 Å². The molecule has 3 N–H and O–H groups in total. The summed E-state index contributed by atoms with van der Waals surface area (Å²) in [5.74, 6) is -4.38. The second kappa shape index (κ2) is 6.42. The Morgan fingerprint density at radius 2 is 1.88 bits per heavy atom. The van der Waals surface area contributed by atoms with Crippen LogP contribution in [0, 0.1) is 0 Å². The molecule has 0 spiro atoms. The molecule has 1 saturated heterocycles. The average molecular weight is 351 g/mol. The second-order valence-corrected chi connectivity index (χ2v) is 6.54. The van der Waals surface area contributed by atoms with Gasteiger partial charge in [0.15, 0.2) is 0 Å². The first-order valence-corrected chi connectivity index (χ1v) is 8.12. The number of nitrogens with two attached hydrogens (primary N) is 1. The number of benzene rings is 1. The number of rotatable bonds is 5. The number of carbonyl (C=O) groups is 3. The Labute approximate surface area is 143 Å². The van der Waals surface area contributed by atoms with Gasteiger partial charge in [-0.15, -0.1) is 0 Å². The van der Waals surface area contributed by atoms with Crippen molar-refractivity contribution >= 4 is 17.7 Å². The molecule has 134 valence electrons. The van der Waals surface area contributed by atoms with Crippen molar-refractivity contribution in [3.63, 3.8) is 0 Å². The highest BCUT2D eigenvalue weighted by atomic mass is 19.3. The van der Waals surface area contributed by atoms with Crippen LogP contribution >= 0.6 is 0 Å². The SMILES string of the molecule is NC(=O)C1CCC(=O)N1[C@H](C(=O)NC1CC(F)(F)C1)c1ccccc1. The quantitative estimate of drug-likeness (QED) is 0.832. The summed E-state index contributed by atoms with van der Waals surface area (Å²) < 4.78 is 26.0. The highest BCUT2D eigenvalue weighted by Gasteiger charge is 2.48. The zero-order valence-electron chi connectivity index (χ0n) is 13.5. The van der Waals surface area contributed by atoms with Gasteiger partial charge in [-0.05, 0) is 12.0 Å². The van der Waals surface area contributed by atoms with E-state index in [1.54, 1.807) is 30.3 Å². The van der Waals surface area contributed by atoms with E-state index in [1.165, 1.54) is 4.90 Å². The second-order valence-electron chi connectivity index (χ2n) is 6.54. The molecule has 1 heterocycles. The lowest BCUT2D eigenvalue weighted by atomic mass is 9.87. The standard InChI is InChI=1S/C17H19F2N3O3/c18-17(19)8-11(9-17)21-16(25)14(10-4-2-1-3-5-10)22-12(15(20)24)6-7-13(22)23/h1-5,11-12,14H,6-9H2,(H2,20,24)(H,21,25)/t12?,14-/m0/s1. The first-order chi connectivity index (χ1) is 11.8. The molecule has 0 aromatic heterocycles. The minimum absolute atomic E-state index is 0.117. The number of nitrogens with one attached hydrogen (secondary N) is 1. The molecule has 2 aliphatic rings. The molecule has 1 saturated carbocycles. The first-order valence-electron chi connectivity index (χ1n) is 8.12. The van der Waals surface area contributed by atoms with Crippen molar-refractivity contribution in [3.05, 3.63) is 35.9 Å². The average Bonchev–Trinajstić information content (AvgIpc) is 2.89. The van der Waals surface area contributed by atoms with Crippen molar-refractivity contribution in [2.75, 3.05) is 0 Å². The Morgan fingerprint density at radius 3 is 2.44 bits per heavy atom. The third kappa shape index (κ3) is 3.47. The van der Waals surface area contributed by atoms with Crippen LogP contribution in [0.3, 0.4) is 0 Å². The maximum Gasteiger partial charge on any atom is 0.252 e. The number of hydrogen-bond acceptors (Lipinski definition) is 3. The molecule has 2 atom stereocenters. The minimum Gasteiger partial charge on any atom is -0.368 e. The topological polar surface area (TPSA) is 92.5 Å². The molecule has 1 aliphatic heterocycles. The predicted molar refractivity (Wildman–Crippen MR) is 84.4 cm³/mol. The summed E-state index contributed by atoms with van der Waals surface area (Å²) in [4.78, 5) is 37.9. The largest absolute Gasteiger partial charge is 0.368 e. The fourth-order valence-corrected chi connectivity index (χ4v) is 3.42. The third-order valence-corrected chi connectivity index (χ3v) is 4.66. The van der Waals surface area contributed by atoms with Crippen LogP contribution in [0.2, 0.25) is 0 Å². The number of amides is 3. The lowest BCUT2D eigenvalue weighted by Crippen LogP contribution is -2.55. The molecule has 6 nitrogen and oxygen atoms in total. The van der Waals surface area contributed by atoms with Crippen LogP contribution < -0.4 is 11.1 Å². The van der Waals surface area contributed by atoms with Gasteiger partial charge in [-0.2, -0.15) is 0 Å². The summed E-state index contributed by atoms with van der Waals surface area (Å²) >= 11 is 0. The normalized spacial score (nSPS) is 23.8. The van der Waals surface area contributed by atoms with Crippen LogP contribution in [0.25, 0.3) is 0 Å². The molecular formula is C17H19F2N3O3. The van der Waals surface area contributed by atoms with Gasteiger partial charge < -0.3 is 16.0 Å². The number of halogens is 2. The summed E-state index contributed by atoms with van der Waals surface area (Å²) in [6.07, 6.45) is -0.487. The van der Waals surface area contributed by atoms with E-state index in [-0.39, 0.29) is 18.7 Å². The summed E-state index contributed by atoms with van der Waals surface area (Å²) in [5.41, 5.74) is 5.88. The van der Waals surface area contributed by atoms with Crippen molar-refractivity contribution in [2.45, 2.75) is 49.7 Å². The molecule has 1 unspecified atom stereocenters. The van der Waals surface area contributed by atoms with E-state index in [2.05, 4.69) is 5.32 Å². The van der Waals surface area contributed by atoms with Gasteiger partial charge in [0.1, 0.15) is 12.1 Å². The van der Waals surface area contributed by atoms with E-state index in [4.69, 9.17) is 5.73 Å². The zero-order valence-corrected chi connectivity index (χ0v) is 13.5. The fraction of sp³-hybridized carbons (Fsp3) is 0.471. The van der Waals surface area contributed by atoms with Crippen molar-refractivity contribution in [3.8, 4) is 0 Å². The van der Waals surface area contributed by atoms with Crippen molar-refractivity contribution in [1.82, 2.24) is 10.2 Å². The van der Waals surface area contributed by atoms with Crippen LogP contribution in [0.4, 0.5) is 8.78 Å². The van der Waals surface area contributed by atoms with Gasteiger partial charge in [-0.1, -0.05) is 30.3 Å². The first kappa shape index (κ1) is 17.3. The Kier molecular flexibility index (Phi) is 4.45.